The summed E-state index contributed by atoms with van der Waals surface area (Å²) in [5, 5.41) is 56.4. The maximum absolute atomic E-state index is 12.6. The first kappa shape index (κ1) is 61.2. The Morgan fingerprint density at radius 2 is 0.709 bits per heavy atom. The summed E-state index contributed by atoms with van der Waals surface area (Å²) in [6.07, 6.45) is 0. The van der Waals surface area contributed by atoms with Crippen molar-refractivity contribution in [1.82, 2.24) is 29.9 Å². The van der Waals surface area contributed by atoms with Gasteiger partial charge in [0.05, 0.1) is 21.2 Å². The molecule has 0 saturated heterocycles. The van der Waals surface area contributed by atoms with Gasteiger partial charge >= 0.3 is 6.01 Å². The second-order valence-electron chi connectivity index (χ2n) is 17.1. The van der Waals surface area contributed by atoms with E-state index < -0.39 is 186 Å². The van der Waals surface area contributed by atoms with Gasteiger partial charge in [0.25, 0.3) is 60.7 Å². The van der Waals surface area contributed by atoms with Crippen molar-refractivity contribution in [1.29, 1.82) is 0 Å². The van der Waals surface area contributed by atoms with Gasteiger partial charge in [-0.15, -0.1) is 20.5 Å². The largest absolute Gasteiger partial charge is 0.505 e. The minimum atomic E-state index is -5.39. The van der Waals surface area contributed by atoms with E-state index in [4.69, 9.17) is 11.6 Å². The molecular formula is C44H31ClN14O21S6. The number of anilines is 8. The van der Waals surface area contributed by atoms with Gasteiger partial charge in [-0.2, -0.15) is 80.4 Å². The number of benzene rings is 7. The third kappa shape index (κ3) is 13.6. The molecule has 0 saturated carbocycles. The molecule has 0 aliphatic carbocycles. The fourth-order valence-corrected chi connectivity index (χ4v) is 11.6. The average molecular weight is 1320 g/mol. The van der Waals surface area contributed by atoms with Crippen LogP contribution in [0.4, 0.5) is 69.3 Å². The first-order valence-electron chi connectivity index (χ1n) is 22.6. The third-order valence-electron chi connectivity index (χ3n) is 11.3. The molecule has 13 N–H and O–H groups in total. The zero-order chi connectivity index (χ0) is 62.6. The van der Waals surface area contributed by atoms with Gasteiger partial charge in [0.15, 0.2) is 11.5 Å². The molecule has 9 aromatic rings. The molecule has 2 heterocycles. The summed E-state index contributed by atoms with van der Waals surface area (Å²) >= 11 is 6.24. The monoisotopic (exact) mass is 1320 g/mol. The quantitative estimate of drug-likeness (QED) is 0.0293. The van der Waals surface area contributed by atoms with Crippen molar-refractivity contribution in [2.24, 2.45) is 20.5 Å². The average Bonchev–Trinajstić information content (AvgIpc) is 0.856. The van der Waals surface area contributed by atoms with Crippen LogP contribution in [-0.4, -0.2) is 123 Å². The third-order valence-corrected chi connectivity index (χ3v) is 16.7. The van der Waals surface area contributed by atoms with Gasteiger partial charge in [0, 0.05) is 22.1 Å². The molecule has 7 aromatic carbocycles. The van der Waals surface area contributed by atoms with Crippen molar-refractivity contribution < 1.29 is 93.1 Å². The Bertz CT molecular complexity index is 4810. The number of aromatic nitrogens is 6. The van der Waals surface area contributed by atoms with Crippen LogP contribution < -0.4 is 21.3 Å². The summed E-state index contributed by atoms with van der Waals surface area (Å²) in [6.45, 7) is 0. The molecule has 0 radical (unpaired) electrons. The highest BCUT2D eigenvalue weighted by molar-refractivity contribution is 7.87. The number of fused-ring (bicyclic) bond motifs is 2. The zero-order valence-electron chi connectivity index (χ0n) is 41.6. The van der Waals surface area contributed by atoms with Gasteiger partial charge in [-0.05, 0) is 107 Å². The lowest BCUT2D eigenvalue weighted by Crippen LogP contribution is -2.06. The number of hydrogen-bond acceptors (Lipinski definition) is 29. The van der Waals surface area contributed by atoms with Crippen LogP contribution in [0.15, 0.2) is 159 Å². The topological polar surface area (TPSA) is 562 Å². The minimum Gasteiger partial charge on any atom is -0.505 e. The Morgan fingerprint density at radius 1 is 0.372 bits per heavy atom. The highest BCUT2D eigenvalue weighted by atomic mass is 35.5. The van der Waals surface area contributed by atoms with Crippen LogP contribution >= 0.6 is 11.6 Å². The second-order valence-corrected chi connectivity index (χ2v) is 25.8. The molecule has 86 heavy (non-hydrogen) atoms. The molecule has 42 heteroatoms. The van der Waals surface area contributed by atoms with Crippen molar-refractivity contribution in [3.8, 4) is 17.5 Å². The number of phenols is 2. The highest BCUT2D eigenvalue weighted by Gasteiger charge is 2.29. The standard InChI is InChI=1S/C44H31ClN14O21S6/c45-39-50-40(52-42(51-39)48-27-17-23(81(63,64)65)13-19-15-31(85(75,76)77)35(37(60)33(19)27)58-56-25-5-1-3-7-29(25)83(69,70)71)46-21-9-11-22(12-10-21)47-41-53-43(55-44(62)54-41)49-28-18-24(82(66,67)68)14-20-16-32(86(78,79)80)36(38(61)34(20)28)59-57-26-6-2-4-8-30(26)84(72,73)74/h1-18,60-61H,(H,63,64,65)(H,66,67,68)(H,69,70,71)(H,72,73,74)(H,75,76,77)(H,78,79,80)(H2,46,48,50,51,52)(H3,47,49,53,54,55,62). The van der Waals surface area contributed by atoms with Crippen LogP contribution in [0, 0.1) is 0 Å². The molecule has 0 atom stereocenters. The SMILES string of the molecule is O=S(=O)(O)c1cc(Nc2nc(O)nc(Nc3ccc(Nc4nc(Cl)nc(Nc5cc(S(=O)(=O)O)cc6cc(S(=O)(=O)O)c(N=Nc7ccccc7S(=O)(=O)O)c(O)c56)n4)cc3)n2)c2c(O)c(N=Nc3ccccc3S(=O)(=O)O)c(S(=O)(=O)O)cc2c1. The van der Waals surface area contributed by atoms with Crippen molar-refractivity contribution >= 4 is 163 Å². The molecule has 446 valence electrons. The fourth-order valence-electron chi connectivity index (χ4n) is 7.80. The van der Waals surface area contributed by atoms with Crippen LogP contribution in [0.5, 0.6) is 17.5 Å². The first-order valence-corrected chi connectivity index (χ1v) is 31.6. The summed E-state index contributed by atoms with van der Waals surface area (Å²) in [6, 6.07) is 17.5. The molecule has 0 amide bonds. The number of aromatic hydroxyl groups is 3. The van der Waals surface area contributed by atoms with E-state index in [1.807, 2.05) is 0 Å². The van der Waals surface area contributed by atoms with Crippen LogP contribution in [-0.2, 0) is 60.7 Å². The molecule has 0 spiro atoms. The van der Waals surface area contributed by atoms with E-state index in [2.05, 4.69) is 71.6 Å². The van der Waals surface area contributed by atoms with Gasteiger partial charge in [0.1, 0.15) is 42.3 Å². The van der Waals surface area contributed by atoms with E-state index in [1.54, 1.807) is 0 Å². The van der Waals surface area contributed by atoms with E-state index in [0.717, 1.165) is 30.3 Å². The van der Waals surface area contributed by atoms with Gasteiger partial charge < -0.3 is 36.6 Å². The molecule has 0 bridgehead atoms. The molecule has 0 fully saturated rings. The van der Waals surface area contributed by atoms with E-state index in [-0.39, 0.29) is 17.3 Å². The van der Waals surface area contributed by atoms with Gasteiger partial charge in [-0.1, -0.05) is 24.3 Å². The summed E-state index contributed by atoms with van der Waals surface area (Å²) in [5.74, 6) is -4.18. The molecule has 9 rings (SSSR count). The van der Waals surface area contributed by atoms with E-state index in [9.17, 15) is 93.1 Å². The summed E-state index contributed by atoms with van der Waals surface area (Å²) in [5.41, 5.74) is -3.88. The summed E-state index contributed by atoms with van der Waals surface area (Å²) in [4.78, 5) is 17.9. The molecule has 35 nitrogen and oxygen atoms in total. The highest BCUT2D eigenvalue weighted by Crippen LogP contribution is 2.48. The Kier molecular flexibility index (Phi) is 16.1. The molecule has 2 aromatic heterocycles. The molecule has 0 unspecified atom stereocenters. The lowest BCUT2D eigenvalue weighted by Gasteiger charge is -2.15. The van der Waals surface area contributed by atoms with E-state index in [0.29, 0.717) is 30.3 Å². The lowest BCUT2D eigenvalue weighted by atomic mass is 10.1. The number of nitrogens with one attached hydrogen (secondary N) is 4. The Balaban J connectivity index is 1.01. The number of halogens is 1. The zero-order valence-corrected chi connectivity index (χ0v) is 47.3. The number of nitrogens with zero attached hydrogens (tertiary/aromatic N) is 10. The van der Waals surface area contributed by atoms with Crippen molar-refractivity contribution in [3.63, 3.8) is 0 Å². The fraction of sp³-hybridized carbons (Fsp3) is 0. The normalized spacial score (nSPS) is 12.7. The minimum absolute atomic E-state index is 0.173. The van der Waals surface area contributed by atoms with Crippen LogP contribution in [0.3, 0.4) is 0 Å². The van der Waals surface area contributed by atoms with E-state index >= 15 is 0 Å². The van der Waals surface area contributed by atoms with Crippen LogP contribution in [0.1, 0.15) is 0 Å². The summed E-state index contributed by atoms with van der Waals surface area (Å²) < 4.78 is 208. The smallest absolute Gasteiger partial charge is 0.320 e. The predicted molar refractivity (Wildman–Crippen MR) is 297 cm³/mol. The predicted octanol–water partition coefficient (Wildman–Crippen LogP) is 7.42. The Hall–Kier alpha value is -9.37. The number of phenolic OH excluding ortho intramolecular Hbond substituents is 2. The Labute approximate surface area is 486 Å². The molecular weight excluding hydrogens is 1290 g/mol. The van der Waals surface area contributed by atoms with E-state index in [1.165, 1.54) is 48.5 Å². The molecule has 0 aliphatic heterocycles. The van der Waals surface area contributed by atoms with Crippen molar-refractivity contribution in [2.45, 2.75) is 29.4 Å². The van der Waals surface area contributed by atoms with Gasteiger partial charge in [-0.3, -0.25) is 27.3 Å². The summed E-state index contributed by atoms with van der Waals surface area (Å²) in [7, 11) is -30.9. The number of rotatable bonds is 18. The van der Waals surface area contributed by atoms with Crippen LogP contribution in [0.2, 0.25) is 5.28 Å². The van der Waals surface area contributed by atoms with Crippen LogP contribution in [0.25, 0.3) is 21.5 Å². The number of azo groups is 2. The van der Waals surface area contributed by atoms with Crippen molar-refractivity contribution in [3.05, 3.63) is 114 Å². The first-order chi connectivity index (χ1) is 40.0. The maximum Gasteiger partial charge on any atom is 0.320 e. The van der Waals surface area contributed by atoms with Crippen molar-refractivity contribution in [2.75, 3.05) is 21.3 Å². The number of hydrogen-bond donors (Lipinski definition) is 13. The van der Waals surface area contributed by atoms with Gasteiger partial charge in [0.2, 0.25) is 29.1 Å². The lowest BCUT2D eigenvalue weighted by molar-refractivity contribution is 0.430. The second kappa shape index (κ2) is 22.6. The Morgan fingerprint density at radius 3 is 1.07 bits per heavy atom. The van der Waals surface area contributed by atoms with Gasteiger partial charge in [-0.25, -0.2) is 0 Å². The molecule has 0 aliphatic rings. The maximum atomic E-state index is 12.6.